The number of halogens is 1. The number of benzene rings is 1. The Bertz CT molecular complexity index is 862. The Morgan fingerprint density at radius 3 is 2.64 bits per heavy atom. The van der Waals surface area contributed by atoms with Gasteiger partial charge in [-0.2, -0.15) is 5.10 Å². The number of amides is 1. The first-order chi connectivity index (χ1) is 11.7. The summed E-state index contributed by atoms with van der Waals surface area (Å²) in [6.07, 6.45) is 0. The lowest BCUT2D eigenvalue weighted by Gasteiger charge is -2.09. The van der Waals surface area contributed by atoms with Crippen molar-refractivity contribution < 1.29 is 19.2 Å². The average molecular weight is 367 g/mol. The van der Waals surface area contributed by atoms with Crippen molar-refractivity contribution in [2.45, 2.75) is 20.4 Å². The van der Waals surface area contributed by atoms with Crippen molar-refractivity contribution in [2.24, 2.45) is 0 Å². The molecule has 0 saturated carbocycles. The van der Waals surface area contributed by atoms with Crippen LogP contribution < -0.4 is 5.32 Å². The molecule has 0 radical (unpaired) electrons. The predicted octanol–water partition coefficient (Wildman–Crippen LogP) is 2.49. The lowest BCUT2D eigenvalue weighted by Crippen LogP contribution is -2.20. The van der Waals surface area contributed by atoms with Gasteiger partial charge >= 0.3 is 11.7 Å². The molecule has 0 aliphatic rings. The van der Waals surface area contributed by atoms with E-state index in [1.165, 1.54) is 43.8 Å². The summed E-state index contributed by atoms with van der Waals surface area (Å²) >= 11 is 6.01. The maximum absolute atomic E-state index is 12.2. The minimum Gasteiger partial charge on any atom is -0.465 e. The summed E-state index contributed by atoms with van der Waals surface area (Å²) in [5.74, 6) is -1.06. The largest absolute Gasteiger partial charge is 0.465 e. The van der Waals surface area contributed by atoms with Gasteiger partial charge in [0.1, 0.15) is 17.9 Å². The Kier molecular flexibility index (Phi) is 5.38. The molecule has 1 aromatic heterocycles. The van der Waals surface area contributed by atoms with Crippen molar-refractivity contribution in [3.8, 4) is 0 Å². The molecule has 0 spiro atoms. The summed E-state index contributed by atoms with van der Waals surface area (Å²) in [5, 5.41) is 17.8. The number of hydrogen-bond acceptors (Lipinski definition) is 6. The zero-order valence-electron chi connectivity index (χ0n) is 13.7. The minimum atomic E-state index is -0.568. The fourth-order valence-corrected chi connectivity index (χ4v) is 2.46. The highest BCUT2D eigenvalue weighted by Crippen LogP contribution is 2.24. The monoisotopic (exact) mass is 366 g/mol. The molecular formula is C15H15ClN4O5. The van der Waals surface area contributed by atoms with Gasteiger partial charge in [-0.3, -0.25) is 19.6 Å². The van der Waals surface area contributed by atoms with Gasteiger partial charge in [-0.25, -0.2) is 4.79 Å². The van der Waals surface area contributed by atoms with E-state index in [4.69, 9.17) is 11.6 Å². The topological polar surface area (TPSA) is 116 Å². The molecule has 0 bridgehead atoms. The second kappa shape index (κ2) is 7.31. The second-order valence-electron chi connectivity index (χ2n) is 5.17. The first-order valence-electron chi connectivity index (χ1n) is 7.10. The number of aromatic nitrogens is 2. The molecule has 132 valence electrons. The van der Waals surface area contributed by atoms with Gasteiger partial charge in [0.15, 0.2) is 0 Å². The van der Waals surface area contributed by atoms with E-state index in [0.29, 0.717) is 0 Å². The van der Waals surface area contributed by atoms with Crippen LogP contribution in [-0.4, -0.2) is 33.7 Å². The molecule has 2 aromatic rings. The van der Waals surface area contributed by atoms with Gasteiger partial charge in [-0.1, -0.05) is 11.6 Å². The number of esters is 1. The smallest absolute Gasteiger partial charge is 0.337 e. The third-order valence-corrected chi connectivity index (χ3v) is 3.81. The van der Waals surface area contributed by atoms with Gasteiger partial charge in [0.2, 0.25) is 5.91 Å². The highest BCUT2D eigenvalue weighted by Gasteiger charge is 2.23. The molecule has 25 heavy (non-hydrogen) atoms. The Balaban J connectivity index is 2.20. The summed E-state index contributed by atoms with van der Waals surface area (Å²) in [5.41, 5.74) is 0.821. The van der Waals surface area contributed by atoms with E-state index >= 15 is 0 Å². The maximum atomic E-state index is 12.2. The summed E-state index contributed by atoms with van der Waals surface area (Å²) in [6.45, 7) is 2.77. The first kappa shape index (κ1) is 18.4. The van der Waals surface area contributed by atoms with Crippen LogP contribution in [0.3, 0.4) is 0 Å². The van der Waals surface area contributed by atoms with Crippen LogP contribution in [0.4, 0.5) is 11.4 Å². The molecule has 0 unspecified atom stereocenters. The number of hydrogen-bond donors (Lipinski definition) is 1. The molecular weight excluding hydrogens is 352 g/mol. The van der Waals surface area contributed by atoms with Crippen molar-refractivity contribution in [3.63, 3.8) is 0 Å². The molecule has 1 aromatic carbocycles. The summed E-state index contributed by atoms with van der Waals surface area (Å²) < 4.78 is 5.85. The standard InChI is InChI=1S/C15H15ClN4O5/c1-8-14(20(23)24)9(2)19(18-8)7-13(21)17-12-6-10(15(22)25-3)4-5-11(12)16/h4-6H,7H2,1-3H3,(H,17,21). The van der Waals surface area contributed by atoms with Crippen LogP contribution in [0, 0.1) is 24.0 Å². The molecule has 1 N–H and O–H groups in total. The third-order valence-electron chi connectivity index (χ3n) is 3.48. The predicted molar refractivity (Wildman–Crippen MR) is 89.8 cm³/mol. The molecule has 0 aliphatic heterocycles. The van der Waals surface area contributed by atoms with E-state index in [0.717, 1.165) is 0 Å². The number of anilines is 1. The van der Waals surface area contributed by atoms with Gasteiger partial charge in [0.05, 0.1) is 28.3 Å². The van der Waals surface area contributed by atoms with Gasteiger partial charge in [0.25, 0.3) is 0 Å². The number of nitro groups is 1. The van der Waals surface area contributed by atoms with Crippen LogP contribution in [0.1, 0.15) is 21.7 Å². The number of nitrogens with zero attached hydrogens (tertiary/aromatic N) is 3. The number of methoxy groups -OCH3 is 1. The fraction of sp³-hybridized carbons (Fsp3) is 0.267. The van der Waals surface area contributed by atoms with Crippen LogP contribution in [0.15, 0.2) is 18.2 Å². The highest BCUT2D eigenvalue weighted by atomic mass is 35.5. The lowest BCUT2D eigenvalue weighted by molar-refractivity contribution is -0.386. The number of nitrogens with one attached hydrogen (secondary N) is 1. The zero-order chi connectivity index (χ0) is 18.7. The van der Waals surface area contributed by atoms with E-state index in [1.54, 1.807) is 0 Å². The lowest BCUT2D eigenvalue weighted by atomic mass is 10.2. The summed E-state index contributed by atoms with van der Waals surface area (Å²) in [7, 11) is 1.24. The van der Waals surface area contributed by atoms with Gasteiger partial charge in [-0.15, -0.1) is 0 Å². The van der Waals surface area contributed by atoms with E-state index in [-0.39, 0.29) is 39.9 Å². The highest BCUT2D eigenvalue weighted by molar-refractivity contribution is 6.33. The van der Waals surface area contributed by atoms with Gasteiger partial charge in [-0.05, 0) is 32.0 Å². The fourth-order valence-electron chi connectivity index (χ4n) is 2.30. The Labute approximate surface area is 147 Å². The Hall–Kier alpha value is -2.94. The molecule has 1 heterocycles. The quantitative estimate of drug-likeness (QED) is 0.493. The van der Waals surface area contributed by atoms with Crippen molar-refractivity contribution in [1.29, 1.82) is 0 Å². The van der Waals surface area contributed by atoms with E-state index in [2.05, 4.69) is 15.2 Å². The van der Waals surface area contributed by atoms with Crippen molar-refractivity contribution in [3.05, 3.63) is 50.3 Å². The van der Waals surface area contributed by atoms with Crippen LogP contribution in [0.2, 0.25) is 5.02 Å². The van der Waals surface area contributed by atoms with Gasteiger partial charge < -0.3 is 10.1 Å². The van der Waals surface area contributed by atoms with Crippen LogP contribution in [0.25, 0.3) is 0 Å². The molecule has 0 saturated heterocycles. The molecule has 9 nitrogen and oxygen atoms in total. The molecule has 1 amide bonds. The first-order valence-corrected chi connectivity index (χ1v) is 7.48. The number of carbonyl (C=O) groups excluding carboxylic acids is 2. The Morgan fingerprint density at radius 1 is 1.40 bits per heavy atom. The number of aryl methyl sites for hydroxylation is 1. The zero-order valence-corrected chi connectivity index (χ0v) is 14.5. The summed E-state index contributed by atoms with van der Waals surface area (Å²) in [4.78, 5) is 34.2. The molecule has 0 atom stereocenters. The van der Waals surface area contributed by atoms with E-state index < -0.39 is 16.8 Å². The van der Waals surface area contributed by atoms with Crippen LogP contribution in [0.5, 0.6) is 0 Å². The summed E-state index contributed by atoms with van der Waals surface area (Å²) in [6, 6.07) is 4.31. The van der Waals surface area contributed by atoms with Crippen LogP contribution >= 0.6 is 11.6 Å². The SMILES string of the molecule is COC(=O)c1ccc(Cl)c(NC(=O)Cn2nc(C)c([N+](=O)[O-])c2C)c1. The normalized spacial score (nSPS) is 10.4. The molecule has 2 rings (SSSR count). The Morgan fingerprint density at radius 2 is 2.08 bits per heavy atom. The minimum absolute atomic E-state index is 0.126. The number of ether oxygens (including phenoxy) is 1. The molecule has 10 heteroatoms. The molecule has 0 aliphatic carbocycles. The second-order valence-corrected chi connectivity index (χ2v) is 5.58. The van der Waals surface area contributed by atoms with Crippen molar-refractivity contribution >= 4 is 34.9 Å². The third kappa shape index (κ3) is 3.94. The van der Waals surface area contributed by atoms with Crippen LogP contribution in [-0.2, 0) is 16.1 Å². The van der Waals surface area contributed by atoms with Gasteiger partial charge in [0, 0.05) is 0 Å². The van der Waals surface area contributed by atoms with E-state index in [1.807, 2.05) is 0 Å². The molecule has 0 fully saturated rings. The van der Waals surface area contributed by atoms with Crippen molar-refractivity contribution in [1.82, 2.24) is 9.78 Å². The van der Waals surface area contributed by atoms with E-state index in [9.17, 15) is 19.7 Å². The number of carbonyl (C=O) groups is 2. The maximum Gasteiger partial charge on any atom is 0.337 e. The average Bonchev–Trinajstić information content (AvgIpc) is 2.82. The number of rotatable bonds is 5. The van der Waals surface area contributed by atoms with Crippen molar-refractivity contribution in [2.75, 3.05) is 12.4 Å².